The lowest BCUT2D eigenvalue weighted by molar-refractivity contribution is 0.602. The number of nitrogens with two attached hydrogens (primary N) is 1. The summed E-state index contributed by atoms with van der Waals surface area (Å²) in [6.07, 6.45) is 3.34. The Morgan fingerprint density at radius 1 is 1.33 bits per heavy atom. The molecule has 7 heteroatoms. The van der Waals surface area contributed by atoms with Gasteiger partial charge in [0.25, 0.3) is 0 Å². The second kappa shape index (κ2) is 4.95. The summed E-state index contributed by atoms with van der Waals surface area (Å²) in [6, 6.07) is 6.79. The standard InChI is InChI=1S/C11H16N4O2S/c1-18(16,17)10-6-4-9(5-7-10)14-11(15-12)13-8-2-3-8/h4-8H,2-3,12H2,1H3,(H2,13,14,15). The lowest BCUT2D eigenvalue weighted by Crippen LogP contribution is -2.36. The summed E-state index contributed by atoms with van der Waals surface area (Å²) in [4.78, 5) is 4.61. The van der Waals surface area contributed by atoms with Gasteiger partial charge in [-0.25, -0.2) is 19.3 Å². The minimum Gasteiger partial charge on any atom is -0.325 e. The van der Waals surface area contributed by atoms with Crippen LogP contribution >= 0.6 is 0 Å². The molecule has 0 radical (unpaired) electrons. The topological polar surface area (TPSA) is 96.6 Å². The van der Waals surface area contributed by atoms with Crippen LogP contribution in [0.1, 0.15) is 12.8 Å². The molecule has 0 aromatic heterocycles. The molecular formula is C11H16N4O2S. The molecule has 6 nitrogen and oxygen atoms in total. The van der Waals surface area contributed by atoms with Crippen LogP contribution in [0.25, 0.3) is 0 Å². The second-order valence-electron chi connectivity index (χ2n) is 4.27. The van der Waals surface area contributed by atoms with E-state index in [1.165, 1.54) is 6.26 Å². The van der Waals surface area contributed by atoms with Crippen molar-refractivity contribution in [1.29, 1.82) is 0 Å². The van der Waals surface area contributed by atoms with Gasteiger partial charge in [0.05, 0.1) is 10.9 Å². The number of hydrogen-bond donors (Lipinski definition) is 3. The molecule has 4 N–H and O–H groups in total. The maximum absolute atomic E-state index is 11.3. The number of guanidine groups is 1. The summed E-state index contributed by atoms with van der Waals surface area (Å²) in [5, 5.41) is 3.00. The number of hydrazine groups is 1. The molecule has 0 amide bonds. The summed E-state index contributed by atoms with van der Waals surface area (Å²) in [5.74, 6) is 5.85. The van der Waals surface area contributed by atoms with Crippen LogP contribution in [0.5, 0.6) is 0 Å². The fourth-order valence-electron chi connectivity index (χ4n) is 1.41. The van der Waals surface area contributed by atoms with Gasteiger partial charge >= 0.3 is 0 Å². The summed E-state index contributed by atoms with van der Waals surface area (Å²) >= 11 is 0. The number of hydrogen-bond acceptors (Lipinski definition) is 4. The highest BCUT2D eigenvalue weighted by atomic mass is 32.2. The lowest BCUT2D eigenvalue weighted by Gasteiger charge is -2.09. The van der Waals surface area contributed by atoms with Crippen molar-refractivity contribution in [3.05, 3.63) is 24.3 Å². The zero-order valence-corrected chi connectivity index (χ0v) is 10.9. The van der Waals surface area contributed by atoms with Gasteiger partial charge in [-0.05, 0) is 37.1 Å². The van der Waals surface area contributed by atoms with Gasteiger partial charge in [-0.2, -0.15) is 0 Å². The number of nitrogens with one attached hydrogen (secondary N) is 2. The van der Waals surface area contributed by atoms with Crippen LogP contribution in [-0.2, 0) is 9.84 Å². The van der Waals surface area contributed by atoms with Crippen molar-refractivity contribution in [2.45, 2.75) is 23.8 Å². The van der Waals surface area contributed by atoms with E-state index in [0.29, 0.717) is 12.0 Å². The van der Waals surface area contributed by atoms with Gasteiger partial charge in [-0.1, -0.05) is 0 Å². The van der Waals surface area contributed by atoms with Crippen LogP contribution in [0, 0.1) is 0 Å². The van der Waals surface area contributed by atoms with Crippen LogP contribution in [0.15, 0.2) is 34.2 Å². The van der Waals surface area contributed by atoms with E-state index in [1.807, 2.05) is 0 Å². The predicted octanol–water partition coefficient (Wildman–Crippen LogP) is 0.484. The largest absolute Gasteiger partial charge is 0.325 e. The Labute approximate surface area is 106 Å². The van der Waals surface area contributed by atoms with Gasteiger partial charge in [0.15, 0.2) is 9.84 Å². The molecule has 1 aliphatic rings. The molecule has 1 aromatic carbocycles. The molecule has 1 saturated carbocycles. The normalized spacial score (nSPS) is 16.4. The Morgan fingerprint density at radius 2 is 1.94 bits per heavy atom. The van der Waals surface area contributed by atoms with E-state index in [2.05, 4.69) is 15.7 Å². The van der Waals surface area contributed by atoms with E-state index < -0.39 is 9.84 Å². The Balaban J connectivity index is 2.10. The molecule has 0 saturated heterocycles. The van der Waals surface area contributed by atoms with E-state index in [-0.39, 0.29) is 4.90 Å². The molecule has 98 valence electrons. The van der Waals surface area contributed by atoms with Crippen molar-refractivity contribution in [3.63, 3.8) is 0 Å². The molecule has 18 heavy (non-hydrogen) atoms. The fourth-order valence-corrected chi connectivity index (χ4v) is 2.04. The van der Waals surface area contributed by atoms with E-state index >= 15 is 0 Å². The average molecular weight is 268 g/mol. The molecule has 0 heterocycles. The molecule has 0 spiro atoms. The van der Waals surface area contributed by atoms with Gasteiger partial charge in [-0.3, -0.25) is 5.43 Å². The number of anilines is 1. The smallest absolute Gasteiger partial charge is 0.210 e. The summed E-state index contributed by atoms with van der Waals surface area (Å²) in [6.45, 7) is 0. The third kappa shape index (κ3) is 3.44. The molecule has 2 rings (SSSR count). The number of sulfone groups is 1. The highest BCUT2D eigenvalue weighted by Crippen LogP contribution is 2.23. The molecular weight excluding hydrogens is 252 g/mol. The maximum atomic E-state index is 11.3. The number of aliphatic imine (C=N–C) groups is 1. The van der Waals surface area contributed by atoms with Crippen LogP contribution in [0.4, 0.5) is 5.69 Å². The van der Waals surface area contributed by atoms with Crippen LogP contribution in [-0.4, -0.2) is 26.7 Å². The van der Waals surface area contributed by atoms with Crippen molar-refractivity contribution in [2.75, 3.05) is 11.6 Å². The Bertz CT molecular complexity index is 547. The summed E-state index contributed by atoms with van der Waals surface area (Å²) < 4.78 is 22.6. The third-order valence-electron chi connectivity index (χ3n) is 2.54. The average Bonchev–Trinajstić information content (AvgIpc) is 3.11. The highest BCUT2D eigenvalue weighted by Gasteiger charge is 2.21. The van der Waals surface area contributed by atoms with Gasteiger partial charge in [0, 0.05) is 11.9 Å². The fraction of sp³-hybridized carbons (Fsp3) is 0.364. The zero-order valence-electron chi connectivity index (χ0n) is 10.1. The van der Waals surface area contributed by atoms with Crippen LogP contribution in [0.2, 0.25) is 0 Å². The second-order valence-corrected chi connectivity index (χ2v) is 6.29. The Morgan fingerprint density at radius 3 is 2.39 bits per heavy atom. The van der Waals surface area contributed by atoms with Crippen molar-refractivity contribution in [2.24, 2.45) is 10.8 Å². The van der Waals surface area contributed by atoms with E-state index in [0.717, 1.165) is 18.5 Å². The van der Waals surface area contributed by atoms with Crippen molar-refractivity contribution in [1.82, 2.24) is 5.43 Å². The summed E-state index contributed by atoms with van der Waals surface area (Å²) in [7, 11) is -3.16. The van der Waals surface area contributed by atoms with Gasteiger partial charge in [-0.15, -0.1) is 0 Å². The van der Waals surface area contributed by atoms with E-state index in [9.17, 15) is 8.42 Å². The van der Waals surface area contributed by atoms with E-state index in [1.54, 1.807) is 24.3 Å². The van der Waals surface area contributed by atoms with Crippen molar-refractivity contribution >= 4 is 21.5 Å². The molecule has 1 aromatic rings. The highest BCUT2D eigenvalue weighted by molar-refractivity contribution is 7.90. The maximum Gasteiger partial charge on any atom is 0.210 e. The Hall–Kier alpha value is -1.60. The molecule has 0 aliphatic heterocycles. The first-order valence-corrected chi connectivity index (χ1v) is 7.50. The van der Waals surface area contributed by atoms with Crippen LogP contribution in [0.3, 0.4) is 0 Å². The third-order valence-corrected chi connectivity index (χ3v) is 3.67. The molecule has 0 atom stereocenters. The summed E-state index contributed by atoms with van der Waals surface area (Å²) in [5.41, 5.74) is 3.22. The predicted molar refractivity (Wildman–Crippen MR) is 71.0 cm³/mol. The first-order chi connectivity index (χ1) is 8.49. The van der Waals surface area contributed by atoms with Crippen molar-refractivity contribution < 1.29 is 8.42 Å². The van der Waals surface area contributed by atoms with Gasteiger partial charge < -0.3 is 5.32 Å². The number of benzene rings is 1. The van der Waals surface area contributed by atoms with E-state index in [4.69, 9.17) is 5.84 Å². The number of nitrogens with zero attached hydrogens (tertiary/aromatic N) is 1. The molecule has 1 aliphatic carbocycles. The number of rotatable bonds is 3. The van der Waals surface area contributed by atoms with Gasteiger partial charge in [0.1, 0.15) is 0 Å². The SMILES string of the molecule is CS(=O)(=O)c1ccc(NC(=NC2CC2)NN)cc1. The quantitative estimate of drug-likeness (QED) is 0.321. The molecule has 1 fully saturated rings. The monoisotopic (exact) mass is 268 g/mol. The first-order valence-electron chi connectivity index (χ1n) is 5.60. The zero-order chi connectivity index (χ0) is 13.2. The first kappa shape index (κ1) is 12.8. The molecule has 0 bridgehead atoms. The van der Waals surface area contributed by atoms with Crippen molar-refractivity contribution in [3.8, 4) is 0 Å². The lowest BCUT2D eigenvalue weighted by atomic mass is 10.3. The minimum absolute atomic E-state index is 0.287. The Kier molecular flexibility index (Phi) is 3.53. The minimum atomic E-state index is -3.16. The molecule has 0 unspecified atom stereocenters. The van der Waals surface area contributed by atoms with Gasteiger partial charge in [0.2, 0.25) is 5.96 Å². The van der Waals surface area contributed by atoms with Crippen LogP contribution < -0.4 is 16.6 Å².